The highest BCUT2D eigenvalue weighted by Crippen LogP contribution is 2.55. The Bertz CT molecular complexity index is 525. The van der Waals surface area contributed by atoms with Crippen molar-refractivity contribution in [2.45, 2.75) is 57.8 Å². The van der Waals surface area contributed by atoms with Crippen molar-refractivity contribution in [1.82, 2.24) is 0 Å². The van der Waals surface area contributed by atoms with Gasteiger partial charge in [-0.1, -0.05) is 39.8 Å². The van der Waals surface area contributed by atoms with Crippen LogP contribution >= 0.6 is 0 Å². The zero-order valence-corrected chi connectivity index (χ0v) is 13.0. The number of aliphatic carboxylic acids is 1. The Labute approximate surface area is 121 Å². The molecule has 20 heavy (non-hydrogen) atoms. The molecule has 3 nitrogen and oxygen atoms in total. The number of carboxylic acid groups (broad SMARTS) is 1. The van der Waals surface area contributed by atoms with E-state index >= 15 is 0 Å². The van der Waals surface area contributed by atoms with Crippen molar-refractivity contribution in [1.29, 1.82) is 0 Å². The highest BCUT2D eigenvalue weighted by Gasteiger charge is 2.55. The van der Waals surface area contributed by atoms with E-state index in [-0.39, 0.29) is 5.92 Å². The molecule has 1 saturated carbocycles. The summed E-state index contributed by atoms with van der Waals surface area (Å²) in [6.07, 6.45) is 1.42. The van der Waals surface area contributed by atoms with Crippen molar-refractivity contribution < 1.29 is 14.6 Å². The second-order valence-electron chi connectivity index (χ2n) is 6.35. The maximum atomic E-state index is 11.8. The quantitative estimate of drug-likeness (QED) is 0.882. The van der Waals surface area contributed by atoms with Gasteiger partial charge in [0.05, 0.1) is 12.5 Å². The third-order valence-electron chi connectivity index (χ3n) is 4.31. The average molecular weight is 276 g/mol. The summed E-state index contributed by atoms with van der Waals surface area (Å²) >= 11 is 0. The molecule has 0 atom stereocenters. The molecule has 1 aromatic carbocycles. The standard InChI is InChI=1S/C17H24O3/c1-10(2)12-6-7-13(11(3)4)15(20-5)14(12)17(8-9-17)16(18)19/h6-7,10-11H,8-9H2,1-5H3,(H,18,19). The number of ether oxygens (including phenoxy) is 1. The number of rotatable bonds is 5. The van der Waals surface area contributed by atoms with Crippen LogP contribution in [-0.2, 0) is 10.2 Å². The lowest BCUT2D eigenvalue weighted by molar-refractivity contribution is -0.140. The van der Waals surface area contributed by atoms with E-state index in [1.807, 2.05) is 0 Å². The molecule has 1 aliphatic carbocycles. The maximum absolute atomic E-state index is 11.8. The van der Waals surface area contributed by atoms with Crippen LogP contribution in [0.4, 0.5) is 0 Å². The minimum Gasteiger partial charge on any atom is -0.496 e. The smallest absolute Gasteiger partial charge is 0.314 e. The van der Waals surface area contributed by atoms with Crippen molar-refractivity contribution >= 4 is 5.97 Å². The number of benzene rings is 1. The van der Waals surface area contributed by atoms with Crippen LogP contribution < -0.4 is 4.74 Å². The molecule has 0 spiro atoms. The molecular weight excluding hydrogens is 252 g/mol. The zero-order valence-electron chi connectivity index (χ0n) is 13.0. The summed E-state index contributed by atoms with van der Waals surface area (Å²) in [5.74, 6) is 0.663. The van der Waals surface area contributed by atoms with Crippen LogP contribution in [0.25, 0.3) is 0 Å². The summed E-state index contributed by atoms with van der Waals surface area (Å²) in [6.45, 7) is 8.42. The molecule has 110 valence electrons. The Kier molecular flexibility index (Phi) is 3.81. The molecule has 0 unspecified atom stereocenters. The summed E-state index contributed by atoms with van der Waals surface area (Å²) in [4.78, 5) is 11.8. The minimum atomic E-state index is -0.726. The lowest BCUT2D eigenvalue weighted by Gasteiger charge is -2.25. The van der Waals surface area contributed by atoms with E-state index in [9.17, 15) is 9.90 Å². The number of methoxy groups -OCH3 is 1. The first-order valence-electron chi connectivity index (χ1n) is 7.29. The molecular formula is C17H24O3. The molecule has 3 heteroatoms. The fourth-order valence-corrected chi connectivity index (χ4v) is 2.96. The molecule has 1 aliphatic rings. The molecule has 0 aromatic heterocycles. The first-order chi connectivity index (χ1) is 9.35. The Morgan fingerprint density at radius 2 is 1.65 bits per heavy atom. The normalized spacial score (nSPS) is 16.6. The van der Waals surface area contributed by atoms with E-state index in [4.69, 9.17) is 4.74 Å². The van der Waals surface area contributed by atoms with Gasteiger partial charge in [-0.3, -0.25) is 4.79 Å². The van der Waals surface area contributed by atoms with E-state index in [1.54, 1.807) is 7.11 Å². The number of hydrogen-bond donors (Lipinski definition) is 1. The minimum absolute atomic E-state index is 0.289. The van der Waals surface area contributed by atoms with Gasteiger partial charge in [0, 0.05) is 5.56 Å². The van der Waals surface area contributed by atoms with Crippen molar-refractivity contribution in [3.63, 3.8) is 0 Å². The second kappa shape index (κ2) is 5.12. The van der Waals surface area contributed by atoms with Crippen LogP contribution in [0.2, 0.25) is 0 Å². The molecule has 0 saturated heterocycles. The molecule has 0 bridgehead atoms. The predicted octanol–water partition coefficient (Wildman–Crippen LogP) is 4.06. The van der Waals surface area contributed by atoms with Crippen molar-refractivity contribution in [3.05, 3.63) is 28.8 Å². The summed E-state index contributed by atoms with van der Waals surface area (Å²) < 4.78 is 5.64. The fourth-order valence-electron chi connectivity index (χ4n) is 2.96. The molecule has 0 amide bonds. The van der Waals surface area contributed by atoms with Gasteiger partial charge in [0.25, 0.3) is 0 Å². The average Bonchev–Trinajstić information content (AvgIpc) is 3.17. The summed E-state index contributed by atoms with van der Waals surface area (Å²) in [7, 11) is 1.65. The first kappa shape index (κ1) is 14.9. The second-order valence-corrected chi connectivity index (χ2v) is 6.35. The van der Waals surface area contributed by atoms with Crippen LogP contribution in [0, 0.1) is 0 Å². The largest absolute Gasteiger partial charge is 0.496 e. The third-order valence-corrected chi connectivity index (χ3v) is 4.31. The summed E-state index contributed by atoms with van der Waals surface area (Å²) in [5.41, 5.74) is 2.38. The van der Waals surface area contributed by atoms with Gasteiger partial charge in [0.2, 0.25) is 0 Å². The summed E-state index contributed by atoms with van der Waals surface area (Å²) in [6, 6.07) is 4.17. The van der Waals surface area contributed by atoms with Gasteiger partial charge in [-0.15, -0.1) is 0 Å². The third kappa shape index (κ3) is 2.19. The number of carbonyl (C=O) groups is 1. The molecule has 1 aromatic rings. The van der Waals surface area contributed by atoms with E-state index in [2.05, 4.69) is 39.8 Å². The molecule has 1 fully saturated rings. The van der Waals surface area contributed by atoms with Gasteiger partial charge >= 0.3 is 5.97 Å². The van der Waals surface area contributed by atoms with Gasteiger partial charge in [0.1, 0.15) is 5.75 Å². The van der Waals surface area contributed by atoms with Gasteiger partial charge in [-0.05, 0) is 35.8 Å². The predicted molar refractivity (Wildman–Crippen MR) is 79.7 cm³/mol. The maximum Gasteiger partial charge on any atom is 0.314 e. The van der Waals surface area contributed by atoms with Crippen LogP contribution in [0.1, 0.15) is 69.1 Å². The van der Waals surface area contributed by atoms with Crippen molar-refractivity contribution in [3.8, 4) is 5.75 Å². The lowest BCUT2D eigenvalue weighted by Crippen LogP contribution is -2.23. The van der Waals surface area contributed by atoms with Gasteiger partial charge in [-0.25, -0.2) is 0 Å². The van der Waals surface area contributed by atoms with E-state index in [0.717, 1.165) is 22.4 Å². The molecule has 0 radical (unpaired) electrons. The van der Waals surface area contributed by atoms with Crippen molar-refractivity contribution in [2.24, 2.45) is 0 Å². The van der Waals surface area contributed by atoms with Crippen LogP contribution in [0.5, 0.6) is 5.75 Å². The van der Waals surface area contributed by atoms with Gasteiger partial charge in [-0.2, -0.15) is 0 Å². The SMILES string of the molecule is COc1c(C(C)C)ccc(C(C)C)c1C1(C(=O)O)CC1. The molecule has 1 N–H and O–H groups in total. The molecule has 2 rings (SSSR count). The molecule has 0 heterocycles. The van der Waals surface area contributed by atoms with Gasteiger partial charge < -0.3 is 9.84 Å². The Hall–Kier alpha value is -1.51. The number of carboxylic acids is 1. The van der Waals surface area contributed by atoms with Crippen LogP contribution in [-0.4, -0.2) is 18.2 Å². The highest BCUT2D eigenvalue weighted by molar-refractivity contribution is 5.87. The number of hydrogen-bond acceptors (Lipinski definition) is 2. The van der Waals surface area contributed by atoms with E-state index < -0.39 is 11.4 Å². The monoisotopic (exact) mass is 276 g/mol. The van der Waals surface area contributed by atoms with Crippen LogP contribution in [0.3, 0.4) is 0 Å². The highest BCUT2D eigenvalue weighted by atomic mass is 16.5. The lowest BCUT2D eigenvalue weighted by atomic mass is 9.82. The van der Waals surface area contributed by atoms with Crippen molar-refractivity contribution in [2.75, 3.05) is 7.11 Å². The van der Waals surface area contributed by atoms with Crippen LogP contribution in [0.15, 0.2) is 12.1 Å². The zero-order chi connectivity index (χ0) is 15.1. The van der Waals surface area contributed by atoms with E-state index in [0.29, 0.717) is 18.8 Å². The Morgan fingerprint density at radius 3 is 2.00 bits per heavy atom. The van der Waals surface area contributed by atoms with Gasteiger partial charge in [0.15, 0.2) is 0 Å². The fraction of sp³-hybridized carbons (Fsp3) is 0.588. The first-order valence-corrected chi connectivity index (χ1v) is 7.29. The van der Waals surface area contributed by atoms with E-state index in [1.165, 1.54) is 0 Å². The molecule has 0 aliphatic heterocycles. The Morgan fingerprint density at radius 1 is 1.15 bits per heavy atom. The Balaban J connectivity index is 2.73. The topological polar surface area (TPSA) is 46.5 Å². The summed E-state index contributed by atoms with van der Waals surface area (Å²) in [5, 5.41) is 9.66.